The molecule has 0 saturated carbocycles. The van der Waals surface area contributed by atoms with E-state index in [-0.39, 0.29) is 12.0 Å². The Morgan fingerprint density at radius 3 is 2.92 bits per heavy atom. The van der Waals surface area contributed by atoms with Crippen molar-refractivity contribution in [2.24, 2.45) is 5.73 Å². The van der Waals surface area contributed by atoms with Crippen LogP contribution in [-0.4, -0.2) is 22.1 Å². The van der Waals surface area contributed by atoms with Crippen LogP contribution < -0.4 is 11.3 Å². The number of aromatic nitrogens is 1. The normalized spacial score (nSPS) is 12.4. The molecule has 0 aliphatic carbocycles. The Balaban J connectivity index is 2.81. The maximum absolute atomic E-state index is 11.1. The van der Waals surface area contributed by atoms with Crippen molar-refractivity contribution in [1.29, 1.82) is 0 Å². The molecule has 13 heavy (non-hydrogen) atoms. The lowest BCUT2D eigenvalue weighted by molar-refractivity contribution is -0.138. The van der Waals surface area contributed by atoms with E-state index in [4.69, 9.17) is 10.8 Å². The highest BCUT2D eigenvalue weighted by atomic mass is 16.4. The molecule has 1 rings (SSSR count). The Kier molecular flexibility index (Phi) is 2.81. The summed E-state index contributed by atoms with van der Waals surface area (Å²) in [6.45, 7) is 0. The summed E-state index contributed by atoms with van der Waals surface area (Å²) in [5, 5.41) is 8.50. The number of aromatic amines is 1. The number of hydrogen-bond acceptors (Lipinski definition) is 3. The zero-order chi connectivity index (χ0) is 9.84. The fraction of sp³-hybridized carbons (Fsp3) is 0.250. The molecule has 1 aromatic heterocycles. The van der Waals surface area contributed by atoms with Gasteiger partial charge in [-0.1, -0.05) is 6.07 Å². The van der Waals surface area contributed by atoms with E-state index in [0.717, 1.165) is 0 Å². The van der Waals surface area contributed by atoms with Gasteiger partial charge in [0.05, 0.1) is 0 Å². The van der Waals surface area contributed by atoms with Gasteiger partial charge in [0.1, 0.15) is 6.04 Å². The smallest absolute Gasteiger partial charge is 0.320 e. The van der Waals surface area contributed by atoms with Crippen molar-refractivity contribution in [2.45, 2.75) is 12.5 Å². The summed E-state index contributed by atoms with van der Waals surface area (Å²) in [5.41, 5.74) is 5.36. The molecule has 0 aromatic carbocycles. The third-order valence-electron chi connectivity index (χ3n) is 1.66. The van der Waals surface area contributed by atoms with Crippen LogP contribution in [0.1, 0.15) is 5.56 Å². The van der Waals surface area contributed by atoms with Gasteiger partial charge >= 0.3 is 5.97 Å². The number of carboxylic acids is 1. The van der Waals surface area contributed by atoms with Crippen molar-refractivity contribution >= 4 is 5.97 Å². The number of carbonyl (C=O) groups is 1. The van der Waals surface area contributed by atoms with Crippen LogP contribution in [0.4, 0.5) is 0 Å². The molecule has 0 unspecified atom stereocenters. The minimum Gasteiger partial charge on any atom is -0.480 e. The highest BCUT2D eigenvalue weighted by molar-refractivity contribution is 5.73. The Bertz CT molecular complexity index is 358. The molecule has 0 amide bonds. The van der Waals surface area contributed by atoms with Crippen molar-refractivity contribution in [2.75, 3.05) is 0 Å². The Morgan fingerprint density at radius 1 is 1.69 bits per heavy atom. The van der Waals surface area contributed by atoms with E-state index < -0.39 is 12.0 Å². The molecular weight excluding hydrogens is 172 g/mol. The Labute approximate surface area is 74.2 Å². The predicted molar refractivity (Wildman–Crippen MR) is 46.4 cm³/mol. The van der Waals surface area contributed by atoms with Crippen LogP contribution in [0.5, 0.6) is 0 Å². The largest absolute Gasteiger partial charge is 0.480 e. The Morgan fingerprint density at radius 2 is 2.38 bits per heavy atom. The van der Waals surface area contributed by atoms with E-state index in [0.29, 0.717) is 5.56 Å². The minimum atomic E-state index is -1.11. The number of hydrogen-bond donors (Lipinski definition) is 3. The first-order valence-corrected chi connectivity index (χ1v) is 3.76. The van der Waals surface area contributed by atoms with Gasteiger partial charge in [0, 0.05) is 18.2 Å². The second-order valence-electron chi connectivity index (χ2n) is 2.67. The molecule has 1 heterocycles. The van der Waals surface area contributed by atoms with Gasteiger partial charge in [0.25, 0.3) is 5.56 Å². The number of aliphatic carboxylic acids is 1. The first kappa shape index (κ1) is 9.47. The standard InChI is InChI=1S/C8H10N2O3/c9-6(8(12)13)4-5-2-1-3-10-7(5)11/h1-3,6H,4,9H2,(H,10,11)(H,12,13)/t6-/m1/s1. The molecule has 0 bridgehead atoms. The fourth-order valence-electron chi connectivity index (χ4n) is 0.941. The maximum Gasteiger partial charge on any atom is 0.320 e. The van der Waals surface area contributed by atoms with Crippen molar-refractivity contribution in [3.63, 3.8) is 0 Å². The first-order chi connectivity index (χ1) is 6.11. The van der Waals surface area contributed by atoms with Crippen LogP contribution >= 0.6 is 0 Å². The van der Waals surface area contributed by atoms with Gasteiger partial charge in [-0.15, -0.1) is 0 Å². The SMILES string of the molecule is N[C@H](Cc1ccc[nH]c1=O)C(=O)O. The minimum absolute atomic E-state index is 0.0471. The summed E-state index contributed by atoms with van der Waals surface area (Å²) < 4.78 is 0. The highest BCUT2D eigenvalue weighted by Gasteiger charge is 2.13. The van der Waals surface area contributed by atoms with Gasteiger partial charge in [0.15, 0.2) is 0 Å². The summed E-state index contributed by atoms with van der Waals surface area (Å²) >= 11 is 0. The average molecular weight is 182 g/mol. The van der Waals surface area contributed by atoms with Crippen LogP contribution in [0.25, 0.3) is 0 Å². The molecule has 4 N–H and O–H groups in total. The number of nitrogens with one attached hydrogen (secondary N) is 1. The number of H-pyrrole nitrogens is 1. The molecule has 0 fully saturated rings. The van der Waals surface area contributed by atoms with Gasteiger partial charge in [0.2, 0.25) is 0 Å². The van der Waals surface area contributed by atoms with Gasteiger partial charge < -0.3 is 15.8 Å². The van der Waals surface area contributed by atoms with Crippen molar-refractivity contribution < 1.29 is 9.90 Å². The van der Waals surface area contributed by atoms with E-state index >= 15 is 0 Å². The van der Waals surface area contributed by atoms with Crippen molar-refractivity contribution in [3.8, 4) is 0 Å². The summed E-state index contributed by atoms with van der Waals surface area (Å²) in [6.07, 6.45) is 1.53. The third-order valence-corrected chi connectivity index (χ3v) is 1.66. The molecule has 70 valence electrons. The molecule has 5 nitrogen and oxygen atoms in total. The van der Waals surface area contributed by atoms with Crippen LogP contribution in [0.2, 0.25) is 0 Å². The number of pyridine rings is 1. The van der Waals surface area contributed by atoms with Crippen LogP contribution in [0, 0.1) is 0 Å². The lowest BCUT2D eigenvalue weighted by Gasteiger charge is -2.04. The second-order valence-corrected chi connectivity index (χ2v) is 2.67. The molecule has 1 atom stereocenters. The lowest BCUT2D eigenvalue weighted by Crippen LogP contribution is -2.34. The molecule has 0 aliphatic heterocycles. The second kappa shape index (κ2) is 3.86. The number of rotatable bonds is 3. The lowest BCUT2D eigenvalue weighted by atomic mass is 10.1. The monoisotopic (exact) mass is 182 g/mol. The highest BCUT2D eigenvalue weighted by Crippen LogP contribution is 1.94. The molecular formula is C8H10N2O3. The Hall–Kier alpha value is -1.62. The predicted octanol–water partition coefficient (Wildman–Crippen LogP) is -0.671. The molecule has 0 spiro atoms. The van der Waals surface area contributed by atoms with Gasteiger partial charge in [-0.3, -0.25) is 9.59 Å². The van der Waals surface area contributed by atoms with E-state index in [2.05, 4.69) is 4.98 Å². The first-order valence-electron chi connectivity index (χ1n) is 3.76. The zero-order valence-electron chi connectivity index (χ0n) is 6.86. The molecule has 5 heteroatoms. The van der Waals surface area contributed by atoms with Crippen molar-refractivity contribution in [1.82, 2.24) is 4.98 Å². The van der Waals surface area contributed by atoms with Gasteiger partial charge in [-0.25, -0.2) is 0 Å². The summed E-state index contributed by atoms with van der Waals surface area (Å²) in [6, 6.07) is 2.16. The van der Waals surface area contributed by atoms with E-state index in [1.807, 2.05) is 0 Å². The molecule has 0 saturated heterocycles. The quantitative estimate of drug-likeness (QED) is 0.577. The number of nitrogens with two attached hydrogens (primary N) is 1. The zero-order valence-corrected chi connectivity index (χ0v) is 6.86. The van der Waals surface area contributed by atoms with E-state index in [1.54, 1.807) is 12.1 Å². The van der Waals surface area contributed by atoms with Crippen molar-refractivity contribution in [3.05, 3.63) is 34.2 Å². The van der Waals surface area contributed by atoms with E-state index in [1.165, 1.54) is 6.20 Å². The topological polar surface area (TPSA) is 96.2 Å². The molecule has 0 radical (unpaired) electrons. The van der Waals surface area contributed by atoms with Crippen LogP contribution in [0.3, 0.4) is 0 Å². The maximum atomic E-state index is 11.1. The van der Waals surface area contributed by atoms with Crippen LogP contribution in [-0.2, 0) is 11.2 Å². The fourth-order valence-corrected chi connectivity index (χ4v) is 0.941. The summed E-state index contributed by atoms with van der Waals surface area (Å²) in [4.78, 5) is 23.9. The van der Waals surface area contributed by atoms with E-state index in [9.17, 15) is 9.59 Å². The van der Waals surface area contributed by atoms with Gasteiger partial charge in [-0.2, -0.15) is 0 Å². The third kappa shape index (κ3) is 2.41. The average Bonchev–Trinajstić information content (AvgIpc) is 2.08. The summed E-state index contributed by atoms with van der Waals surface area (Å²) in [5.74, 6) is -1.11. The molecule has 0 aliphatic rings. The summed E-state index contributed by atoms with van der Waals surface area (Å²) in [7, 11) is 0. The number of carboxylic acid groups (broad SMARTS) is 1. The van der Waals surface area contributed by atoms with Gasteiger partial charge in [-0.05, 0) is 6.07 Å². The molecule has 1 aromatic rings. The van der Waals surface area contributed by atoms with Crippen LogP contribution in [0.15, 0.2) is 23.1 Å².